The third kappa shape index (κ3) is 3.91. The molecule has 1 aromatic carbocycles. The Bertz CT molecular complexity index is 753. The summed E-state index contributed by atoms with van der Waals surface area (Å²) in [7, 11) is 0. The van der Waals surface area contributed by atoms with E-state index in [1.54, 1.807) is 9.80 Å². The Hall–Kier alpha value is -2.37. The maximum Gasteiger partial charge on any atom is 0.251 e. The molecule has 2 aliphatic heterocycles. The second-order valence-electron chi connectivity index (χ2n) is 8.57. The number of fused-ring (bicyclic) bond motifs is 1. The summed E-state index contributed by atoms with van der Waals surface area (Å²) in [5, 5.41) is 3.14. The van der Waals surface area contributed by atoms with Gasteiger partial charge in [0, 0.05) is 24.7 Å². The van der Waals surface area contributed by atoms with Crippen molar-refractivity contribution in [2.75, 3.05) is 13.1 Å². The van der Waals surface area contributed by atoms with Gasteiger partial charge in [-0.3, -0.25) is 14.4 Å². The number of hydrogen-bond donors (Lipinski definition) is 1. The number of hydrogen-bond acceptors (Lipinski definition) is 3. The summed E-state index contributed by atoms with van der Waals surface area (Å²) < 4.78 is 0. The first-order valence-corrected chi connectivity index (χ1v) is 10.5. The molecule has 6 heteroatoms. The van der Waals surface area contributed by atoms with Gasteiger partial charge >= 0.3 is 0 Å². The SMILES string of the molecule is CC1CCC(NC(=O)c2ccc(CN3CC(=O)N4CCC[C@H]4C3=O)cc2)CC1. The van der Waals surface area contributed by atoms with Crippen molar-refractivity contribution in [3.63, 3.8) is 0 Å². The Morgan fingerprint density at radius 3 is 2.50 bits per heavy atom. The molecule has 0 bridgehead atoms. The van der Waals surface area contributed by atoms with Crippen LogP contribution in [-0.4, -0.2) is 52.7 Å². The Morgan fingerprint density at radius 2 is 1.79 bits per heavy atom. The molecule has 1 atom stereocenters. The van der Waals surface area contributed by atoms with Crippen LogP contribution in [-0.2, 0) is 16.1 Å². The second kappa shape index (κ2) is 7.94. The summed E-state index contributed by atoms with van der Waals surface area (Å²) in [5.41, 5.74) is 1.58. The Labute approximate surface area is 166 Å². The summed E-state index contributed by atoms with van der Waals surface area (Å²) in [4.78, 5) is 40.8. The summed E-state index contributed by atoms with van der Waals surface area (Å²) in [6.45, 7) is 3.53. The first-order chi connectivity index (χ1) is 13.5. The van der Waals surface area contributed by atoms with Gasteiger partial charge in [0.15, 0.2) is 0 Å². The van der Waals surface area contributed by atoms with E-state index in [0.29, 0.717) is 18.7 Å². The highest BCUT2D eigenvalue weighted by molar-refractivity contribution is 5.95. The molecule has 2 heterocycles. The van der Waals surface area contributed by atoms with Crippen LogP contribution in [0, 0.1) is 5.92 Å². The number of nitrogens with one attached hydrogen (secondary N) is 1. The average molecular weight is 383 g/mol. The van der Waals surface area contributed by atoms with Gasteiger partial charge in [-0.05, 0) is 62.1 Å². The fourth-order valence-corrected chi connectivity index (χ4v) is 4.65. The van der Waals surface area contributed by atoms with Gasteiger partial charge in [-0.2, -0.15) is 0 Å². The van der Waals surface area contributed by atoms with Gasteiger partial charge in [-0.1, -0.05) is 19.1 Å². The molecule has 0 radical (unpaired) electrons. The van der Waals surface area contributed by atoms with Gasteiger partial charge in [-0.15, -0.1) is 0 Å². The number of nitrogens with zero attached hydrogens (tertiary/aromatic N) is 2. The molecule has 0 aromatic heterocycles. The standard InChI is InChI=1S/C22H29N3O3/c1-15-4-10-18(11-5-15)23-21(27)17-8-6-16(7-9-17)13-24-14-20(26)25-12-2-3-19(25)22(24)28/h6-9,15,18-19H,2-5,10-14H2,1H3,(H,23,27)/t15?,18?,19-/m0/s1. The third-order valence-corrected chi connectivity index (χ3v) is 6.44. The first kappa shape index (κ1) is 19.0. The van der Waals surface area contributed by atoms with Crippen molar-refractivity contribution in [3.05, 3.63) is 35.4 Å². The van der Waals surface area contributed by atoms with E-state index in [1.807, 2.05) is 24.3 Å². The maximum atomic E-state index is 12.6. The second-order valence-corrected chi connectivity index (χ2v) is 8.57. The molecule has 0 spiro atoms. The number of amides is 3. The zero-order valence-electron chi connectivity index (χ0n) is 16.5. The van der Waals surface area contributed by atoms with E-state index in [2.05, 4.69) is 12.2 Å². The number of carbonyl (C=O) groups is 3. The number of benzene rings is 1. The van der Waals surface area contributed by atoms with Crippen LogP contribution in [0.3, 0.4) is 0 Å². The van der Waals surface area contributed by atoms with Crippen LogP contribution < -0.4 is 5.32 Å². The van der Waals surface area contributed by atoms with Gasteiger partial charge in [0.1, 0.15) is 12.6 Å². The van der Waals surface area contributed by atoms with Gasteiger partial charge in [0.25, 0.3) is 5.91 Å². The molecule has 1 aromatic rings. The minimum absolute atomic E-state index is 0.0306. The Morgan fingerprint density at radius 1 is 1.07 bits per heavy atom. The molecule has 3 amide bonds. The molecule has 1 aliphatic carbocycles. The van der Waals surface area contributed by atoms with Crippen molar-refractivity contribution in [2.45, 2.75) is 64.1 Å². The van der Waals surface area contributed by atoms with E-state index < -0.39 is 0 Å². The van der Waals surface area contributed by atoms with Crippen LogP contribution in [0.25, 0.3) is 0 Å². The minimum Gasteiger partial charge on any atom is -0.349 e. The van der Waals surface area contributed by atoms with Crippen LogP contribution in [0.1, 0.15) is 61.4 Å². The van der Waals surface area contributed by atoms with Crippen LogP contribution in [0.15, 0.2) is 24.3 Å². The zero-order chi connectivity index (χ0) is 19.7. The van der Waals surface area contributed by atoms with Crippen molar-refractivity contribution in [3.8, 4) is 0 Å². The molecular weight excluding hydrogens is 354 g/mol. The Balaban J connectivity index is 1.35. The highest BCUT2D eigenvalue weighted by atomic mass is 16.2. The molecule has 1 saturated carbocycles. The highest BCUT2D eigenvalue weighted by Crippen LogP contribution is 2.25. The zero-order valence-corrected chi connectivity index (χ0v) is 16.5. The predicted molar refractivity (Wildman–Crippen MR) is 105 cm³/mol. The van der Waals surface area contributed by atoms with Crippen LogP contribution >= 0.6 is 0 Å². The van der Waals surface area contributed by atoms with E-state index in [0.717, 1.165) is 37.2 Å². The fourth-order valence-electron chi connectivity index (χ4n) is 4.65. The van der Waals surface area contributed by atoms with E-state index in [4.69, 9.17) is 0 Å². The van der Waals surface area contributed by atoms with Crippen molar-refractivity contribution in [1.82, 2.24) is 15.1 Å². The monoisotopic (exact) mass is 383 g/mol. The molecule has 4 rings (SSSR count). The molecular formula is C22H29N3O3. The van der Waals surface area contributed by atoms with E-state index in [1.165, 1.54) is 12.8 Å². The maximum absolute atomic E-state index is 12.6. The third-order valence-electron chi connectivity index (χ3n) is 6.44. The minimum atomic E-state index is -0.274. The number of carbonyl (C=O) groups excluding carboxylic acids is 3. The lowest BCUT2D eigenvalue weighted by molar-refractivity contribution is -0.154. The number of piperazine rings is 1. The fraction of sp³-hybridized carbons (Fsp3) is 0.591. The summed E-state index contributed by atoms with van der Waals surface area (Å²) in [5.74, 6) is 0.815. The Kier molecular flexibility index (Phi) is 5.38. The van der Waals surface area contributed by atoms with E-state index >= 15 is 0 Å². The topological polar surface area (TPSA) is 69.7 Å². The molecule has 3 aliphatic rings. The lowest BCUT2D eigenvalue weighted by Gasteiger charge is -2.36. The van der Waals surface area contributed by atoms with Crippen molar-refractivity contribution in [2.24, 2.45) is 5.92 Å². The highest BCUT2D eigenvalue weighted by Gasteiger charge is 2.41. The molecule has 6 nitrogen and oxygen atoms in total. The molecule has 1 N–H and O–H groups in total. The van der Waals surface area contributed by atoms with Crippen molar-refractivity contribution in [1.29, 1.82) is 0 Å². The smallest absolute Gasteiger partial charge is 0.251 e. The summed E-state index contributed by atoms with van der Waals surface area (Å²) in [6, 6.07) is 7.40. The quantitative estimate of drug-likeness (QED) is 0.868. The first-order valence-electron chi connectivity index (χ1n) is 10.5. The van der Waals surface area contributed by atoms with Crippen LogP contribution in [0.2, 0.25) is 0 Å². The van der Waals surface area contributed by atoms with Gasteiger partial charge in [-0.25, -0.2) is 0 Å². The average Bonchev–Trinajstić information content (AvgIpc) is 3.19. The number of rotatable bonds is 4. The molecule has 2 saturated heterocycles. The van der Waals surface area contributed by atoms with Crippen molar-refractivity contribution >= 4 is 17.7 Å². The van der Waals surface area contributed by atoms with Gasteiger partial charge in [0.2, 0.25) is 11.8 Å². The van der Waals surface area contributed by atoms with Crippen LogP contribution in [0.5, 0.6) is 0 Å². The molecule has 0 unspecified atom stereocenters. The van der Waals surface area contributed by atoms with Gasteiger partial charge < -0.3 is 15.1 Å². The van der Waals surface area contributed by atoms with E-state index in [9.17, 15) is 14.4 Å². The summed E-state index contributed by atoms with van der Waals surface area (Å²) >= 11 is 0. The molecule has 150 valence electrons. The van der Waals surface area contributed by atoms with Crippen LogP contribution in [0.4, 0.5) is 0 Å². The summed E-state index contributed by atoms with van der Waals surface area (Å²) in [6.07, 6.45) is 6.11. The van der Waals surface area contributed by atoms with E-state index in [-0.39, 0.29) is 36.3 Å². The normalized spacial score (nSPS) is 27.7. The van der Waals surface area contributed by atoms with Gasteiger partial charge in [0.05, 0.1) is 0 Å². The van der Waals surface area contributed by atoms with Crippen molar-refractivity contribution < 1.29 is 14.4 Å². The lowest BCUT2D eigenvalue weighted by atomic mass is 9.87. The lowest BCUT2D eigenvalue weighted by Crippen LogP contribution is -2.56. The predicted octanol–water partition coefficient (Wildman–Crippen LogP) is 2.33. The molecule has 28 heavy (non-hydrogen) atoms. The largest absolute Gasteiger partial charge is 0.349 e. The molecule has 3 fully saturated rings.